The molecule has 1 aliphatic heterocycles. The van der Waals surface area contributed by atoms with Gasteiger partial charge in [-0.1, -0.05) is 29.8 Å². The lowest BCUT2D eigenvalue weighted by Gasteiger charge is -2.25. The monoisotopic (exact) mass is 500 g/mol. The number of ether oxygens (including phenoxy) is 1. The van der Waals surface area contributed by atoms with E-state index in [9.17, 15) is 13.5 Å². The maximum Gasteiger partial charge on any atom is 0.264 e. The molecule has 34 heavy (non-hydrogen) atoms. The molecule has 0 atom stereocenters. The van der Waals surface area contributed by atoms with Crippen LogP contribution in [-0.4, -0.2) is 44.7 Å². The van der Waals surface area contributed by atoms with Crippen LogP contribution in [0.2, 0.25) is 5.02 Å². The molecule has 1 N–H and O–H groups in total. The summed E-state index contributed by atoms with van der Waals surface area (Å²) in [4.78, 5) is 2.49. The minimum atomic E-state index is -3.90. The Morgan fingerprint density at radius 3 is 2.44 bits per heavy atom. The molecule has 0 amide bonds. The highest BCUT2D eigenvalue weighted by molar-refractivity contribution is 7.92. The normalized spacial score (nSPS) is 14.3. The number of aryl methyl sites for hydroxylation is 1. The fraction of sp³-hybridized carbons (Fsp3) is 0.308. The van der Waals surface area contributed by atoms with Gasteiger partial charge in [-0.3, -0.25) is 9.21 Å². The van der Waals surface area contributed by atoms with Crippen LogP contribution in [0.15, 0.2) is 71.6 Å². The van der Waals surface area contributed by atoms with Crippen LogP contribution < -0.4 is 9.04 Å². The third-order valence-corrected chi connectivity index (χ3v) is 7.98. The molecule has 1 saturated heterocycles. The molecule has 3 aromatic carbocycles. The molecule has 1 fully saturated rings. The number of nitrogens with zero attached hydrogens (tertiary/aromatic N) is 2. The number of hydrogen-bond acceptors (Lipinski definition) is 5. The highest BCUT2D eigenvalue weighted by Gasteiger charge is 2.26. The molecular formula is C26H29ClN2O4S. The van der Waals surface area contributed by atoms with Gasteiger partial charge in [0.15, 0.2) is 0 Å². The molecule has 3 aromatic rings. The Balaban J connectivity index is 1.58. The summed E-state index contributed by atoms with van der Waals surface area (Å²) >= 11 is 6.09. The molecule has 180 valence electrons. The summed E-state index contributed by atoms with van der Waals surface area (Å²) in [6.07, 6.45) is 2.48. The fourth-order valence-electron chi connectivity index (χ4n) is 4.06. The first-order chi connectivity index (χ1) is 16.3. The van der Waals surface area contributed by atoms with Gasteiger partial charge < -0.3 is 9.84 Å². The second-order valence-electron chi connectivity index (χ2n) is 8.48. The van der Waals surface area contributed by atoms with Crippen molar-refractivity contribution in [1.29, 1.82) is 0 Å². The fourth-order valence-corrected chi connectivity index (χ4v) is 5.81. The van der Waals surface area contributed by atoms with Crippen molar-refractivity contribution < 1.29 is 18.3 Å². The number of rotatable bonds is 9. The van der Waals surface area contributed by atoms with Crippen molar-refractivity contribution >= 4 is 27.3 Å². The maximum absolute atomic E-state index is 13.6. The summed E-state index contributed by atoms with van der Waals surface area (Å²) in [7, 11) is -3.90. The number of phenolic OH excluding ortho intramolecular Hbond substituents is 1. The van der Waals surface area contributed by atoms with E-state index in [1.807, 2.05) is 0 Å². The Morgan fingerprint density at radius 2 is 1.76 bits per heavy atom. The first-order valence-corrected chi connectivity index (χ1v) is 13.2. The summed E-state index contributed by atoms with van der Waals surface area (Å²) in [6, 6.07) is 18.4. The van der Waals surface area contributed by atoms with Gasteiger partial charge in [0.25, 0.3) is 10.0 Å². The van der Waals surface area contributed by atoms with Gasteiger partial charge in [0.1, 0.15) is 18.1 Å². The third-order valence-electron chi connectivity index (χ3n) is 5.97. The van der Waals surface area contributed by atoms with Crippen LogP contribution in [-0.2, 0) is 16.6 Å². The van der Waals surface area contributed by atoms with E-state index in [0.717, 1.165) is 25.2 Å². The van der Waals surface area contributed by atoms with Gasteiger partial charge in [0.05, 0.1) is 17.1 Å². The van der Waals surface area contributed by atoms with Gasteiger partial charge >= 0.3 is 0 Å². The summed E-state index contributed by atoms with van der Waals surface area (Å²) in [6.45, 7) is 5.60. The molecule has 1 heterocycles. The Hall–Kier alpha value is -2.74. The predicted molar refractivity (Wildman–Crippen MR) is 135 cm³/mol. The van der Waals surface area contributed by atoms with E-state index in [4.69, 9.17) is 16.3 Å². The van der Waals surface area contributed by atoms with Gasteiger partial charge in [-0.05, 0) is 92.5 Å². The molecule has 1 aliphatic rings. The number of phenols is 1. The molecule has 6 nitrogen and oxygen atoms in total. The Kier molecular flexibility index (Phi) is 7.66. The number of hydrogen-bond donors (Lipinski definition) is 1. The van der Waals surface area contributed by atoms with Crippen LogP contribution in [0.1, 0.15) is 24.0 Å². The summed E-state index contributed by atoms with van der Waals surface area (Å²) in [5.74, 6) is 0.868. The van der Waals surface area contributed by atoms with Crippen molar-refractivity contribution in [3.63, 3.8) is 0 Å². The van der Waals surface area contributed by atoms with Gasteiger partial charge in [0.2, 0.25) is 0 Å². The number of benzene rings is 3. The highest BCUT2D eigenvalue weighted by atomic mass is 35.5. The molecule has 0 unspecified atom stereocenters. The molecule has 0 saturated carbocycles. The topological polar surface area (TPSA) is 70.1 Å². The smallest absolute Gasteiger partial charge is 0.264 e. The molecule has 0 aliphatic carbocycles. The highest BCUT2D eigenvalue weighted by Crippen LogP contribution is 2.30. The Labute approximate surface area is 206 Å². The summed E-state index contributed by atoms with van der Waals surface area (Å²) < 4.78 is 34.5. The first kappa shape index (κ1) is 24.4. The van der Waals surface area contributed by atoms with Gasteiger partial charge in [-0.25, -0.2) is 8.42 Å². The molecule has 0 aromatic heterocycles. The lowest BCUT2D eigenvalue weighted by molar-refractivity contribution is 0.238. The standard InChI is InChI=1S/C26H29ClN2O4S/c1-20-17-21(7-12-26(20)30)19-29(34(31,32)25-6-4-5-22(27)18-25)23-8-10-24(11-9-23)33-16-15-28-13-2-3-14-28/h4-12,17-18,30H,2-3,13-16,19H2,1H3. The average Bonchev–Trinajstić information content (AvgIpc) is 3.34. The van der Waals surface area contributed by atoms with E-state index in [1.54, 1.807) is 61.5 Å². The Morgan fingerprint density at radius 1 is 1.03 bits per heavy atom. The van der Waals surface area contributed by atoms with Gasteiger partial charge in [0, 0.05) is 11.6 Å². The molecule has 8 heteroatoms. The maximum atomic E-state index is 13.6. The van der Waals surface area contributed by atoms with E-state index in [1.165, 1.54) is 29.3 Å². The number of aromatic hydroxyl groups is 1. The first-order valence-electron chi connectivity index (χ1n) is 11.3. The summed E-state index contributed by atoms with van der Waals surface area (Å²) in [5.41, 5.74) is 1.95. The van der Waals surface area contributed by atoms with E-state index in [-0.39, 0.29) is 17.2 Å². The number of sulfonamides is 1. The van der Waals surface area contributed by atoms with E-state index >= 15 is 0 Å². The van der Waals surface area contributed by atoms with E-state index in [0.29, 0.717) is 28.6 Å². The van der Waals surface area contributed by atoms with Crippen molar-refractivity contribution in [1.82, 2.24) is 4.90 Å². The van der Waals surface area contributed by atoms with Crippen LogP contribution in [0.5, 0.6) is 11.5 Å². The third kappa shape index (κ3) is 5.84. The molecule has 0 spiro atoms. The van der Waals surface area contributed by atoms with Crippen molar-refractivity contribution in [2.45, 2.75) is 31.2 Å². The molecule has 4 rings (SSSR count). The Bertz CT molecular complexity index is 1230. The van der Waals surface area contributed by atoms with Crippen molar-refractivity contribution in [3.8, 4) is 11.5 Å². The van der Waals surface area contributed by atoms with Crippen LogP contribution >= 0.6 is 11.6 Å². The van der Waals surface area contributed by atoms with E-state index < -0.39 is 10.0 Å². The molecular weight excluding hydrogens is 472 g/mol. The zero-order chi connectivity index (χ0) is 24.1. The van der Waals surface area contributed by atoms with Crippen molar-refractivity contribution in [2.75, 3.05) is 30.5 Å². The average molecular weight is 501 g/mol. The second kappa shape index (κ2) is 10.7. The lowest BCUT2D eigenvalue weighted by atomic mass is 10.1. The van der Waals surface area contributed by atoms with Crippen LogP contribution in [0, 0.1) is 6.92 Å². The number of anilines is 1. The quantitative estimate of drug-likeness (QED) is 0.436. The zero-order valence-electron chi connectivity index (χ0n) is 19.2. The number of halogens is 1. The van der Waals surface area contributed by atoms with E-state index in [2.05, 4.69) is 4.90 Å². The minimum Gasteiger partial charge on any atom is -0.508 e. The second-order valence-corrected chi connectivity index (χ2v) is 10.8. The SMILES string of the molecule is Cc1cc(CN(c2ccc(OCCN3CCCC3)cc2)S(=O)(=O)c2cccc(Cl)c2)ccc1O. The molecule has 0 radical (unpaired) electrons. The lowest BCUT2D eigenvalue weighted by Crippen LogP contribution is -2.30. The van der Waals surface area contributed by atoms with Crippen LogP contribution in [0.4, 0.5) is 5.69 Å². The van der Waals surface area contributed by atoms with Crippen LogP contribution in [0.3, 0.4) is 0 Å². The van der Waals surface area contributed by atoms with Crippen molar-refractivity contribution in [2.24, 2.45) is 0 Å². The molecule has 0 bridgehead atoms. The minimum absolute atomic E-state index is 0.102. The van der Waals surface area contributed by atoms with Gasteiger partial charge in [-0.2, -0.15) is 0 Å². The van der Waals surface area contributed by atoms with Crippen LogP contribution in [0.25, 0.3) is 0 Å². The van der Waals surface area contributed by atoms with Crippen molar-refractivity contribution in [3.05, 3.63) is 82.9 Å². The number of likely N-dealkylation sites (tertiary alicyclic amines) is 1. The summed E-state index contributed by atoms with van der Waals surface area (Å²) in [5, 5.41) is 10.2. The largest absolute Gasteiger partial charge is 0.508 e. The predicted octanol–water partition coefficient (Wildman–Crippen LogP) is 5.22. The zero-order valence-corrected chi connectivity index (χ0v) is 20.7. The van der Waals surface area contributed by atoms with Gasteiger partial charge in [-0.15, -0.1) is 0 Å².